The molecule has 26 heavy (non-hydrogen) atoms. The quantitative estimate of drug-likeness (QED) is 0.846. The number of carbonyl (C=O) groups is 3. The Kier molecular flexibility index (Phi) is 5.30. The Morgan fingerprint density at radius 2 is 2.00 bits per heavy atom. The van der Waals surface area contributed by atoms with Gasteiger partial charge in [0.25, 0.3) is 5.91 Å². The smallest absolute Gasteiger partial charge is 0.326 e. The van der Waals surface area contributed by atoms with E-state index >= 15 is 0 Å². The highest BCUT2D eigenvalue weighted by Gasteiger charge is 2.42. The summed E-state index contributed by atoms with van der Waals surface area (Å²) < 4.78 is 0. The third-order valence-electron chi connectivity index (χ3n) is 5.89. The minimum Gasteiger partial charge on any atom is -0.480 e. The van der Waals surface area contributed by atoms with E-state index in [9.17, 15) is 19.5 Å². The van der Waals surface area contributed by atoms with Gasteiger partial charge in [-0.25, -0.2) is 4.79 Å². The molecule has 140 valence electrons. The number of rotatable bonds is 5. The topological polar surface area (TPSA) is 86.7 Å². The normalized spacial score (nSPS) is 21.6. The van der Waals surface area contributed by atoms with Gasteiger partial charge < -0.3 is 15.3 Å². The van der Waals surface area contributed by atoms with Crippen LogP contribution < -0.4 is 5.32 Å². The summed E-state index contributed by atoms with van der Waals surface area (Å²) in [6.07, 6.45) is 5.80. The lowest BCUT2D eigenvalue weighted by molar-refractivity contribution is -0.143. The molecule has 1 aromatic rings. The predicted molar refractivity (Wildman–Crippen MR) is 98.0 cm³/mol. The van der Waals surface area contributed by atoms with Gasteiger partial charge in [0.1, 0.15) is 6.04 Å². The van der Waals surface area contributed by atoms with Crippen LogP contribution in [-0.4, -0.2) is 40.4 Å². The highest BCUT2D eigenvalue weighted by molar-refractivity contribution is 6.00. The molecule has 6 heteroatoms. The lowest BCUT2D eigenvalue weighted by Crippen LogP contribution is -2.48. The van der Waals surface area contributed by atoms with Crippen molar-refractivity contribution < 1.29 is 19.5 Å². The first kappa shape index (κ1) is 18.4. The van der Waals surface area contributed by atoms with Gasteiger partial charge in [-0.1, -0.05) is 19.4 Å². The first-order valence-corrected chi connectivity index (χ1v) is 9.42. The van der Waals surface area contributed by atoms with Crippen molar-refractivity contribution in [1.82, 2.24) is 4.90 Å². The van der Waals surface area contributed by atoms with Crippen molar-refractivity contribution in [3.05, 3.63) is 29.8 Å². The number of carboxylic acid groups (broad SMARTS) is 1. The summed E-state index contributed by atoms with van der Waals surface area (Å²) in [5.74, 6) is -1.24. The molecule has 0 radical (unpaired) electrons. The van der Waals surface area contributed by atoms with Gasteiger partial charge in [0, 0.05) is 23.2 Å². The number of hydrogen-bond acceptors (Lipinski definition) is 3. The molecule has 1 saturated heterocycles. The molecule has 0 spiro atoms. The fourth-order valence-corrected chi connectivity index (χ4v) is 3.94. The van der Waals surface area contributed by atoms with E-state index < -0.39 is 12.0 Å². The van der Waals surface area contributed by atoms with Crippen LogP contribution in [0, 0.1) is 5.41 Å². The zero-order valence-corrected chi connectivity index (χ0v) is 15.2. The molecule has 6 nitrogen and oxygen atoms in total. The second kappa shape index (κ2) is 7.48. The Labute approximate surface area is 153 Å². The Hall–Kier alpha value is -2.37. The molecule has 1 aliphatic carbocycles. The number of aliphatic carboxylic acids is 1. The molecule has 1 aromatic carbocycles. The summed E-state index contributed by atoms with van der Waals surface area (Å²) in [6, 6.07) is 6.04. The van der Waals surface area contributed by atoms with Crippen LogP contribution in [0.15, 0.2) is 24.3 Å². The maximum Gasteiger partial charge on any atom is 0.326 e. The highest BCUT2D eigenvalue weighted by Crippen LogP contribution is 2.44. The number of anilines is 1. The lowest BCUT2D eigenvalue weighted by Gasteiger charge is -2.39. The molecule has 2 amide bonds. The van der Waals surface area contributed by atoms with E-state index in [1.165, 1.54) is 4.90 Å². The number of nitrogens with zero attached hydrogens (tertiary/aromatic N) is 1. The molecule has 1 aliphatic heterocycles. The van der Waals surface area contributed by atoms with Gasteiger partial charge in [-0.2, -0.15) is 0 Å². The molecule has 0 aromatic heterocycles. The van der Waals surface area contributed by atoms with Crippen LogP contribution in [-0.2, 0) is 9.59 Å². The van der Waals surface area contributed by atoms with Gasteiger partial charge in [-0.05, 0) is 56.7 Å². The minimum atomic E-state index is -0.961. The largest absolute Gasteiger partial charge is 0.480 e. The molecule has 1 atom stereocenters. The van der Waals surface area contributed by atoms with E-state index in [-0.39, 0.29) is 17.2 Å². The standard InChI is InChI=1S/C20H26N2O4/c1-2-20(10-6-11-20)19(26)21-15-8-5-7-14(13-15)17(23)22-12-4-3-9-16(22)18(24)25/h5,7-8,13,16H,2-4,6,9-12H2,1H3,(H,21,26)(H,24,25). The van der Waals surface area contributed by atoms with Crippen LogP contribution in [0.5, 0.6) is 0 Å². The van der Waals surface area contributed by atoms with Crippen molar-refractivity contribution in [2.75, 3.05) is 11.9 Å². The number of carboxylic acids is 1. The SMILES string of the molecule is CCC1(C(=O)Nc2cccc(C(=O)N3CCCCC3C(=O)O)c2)CCC1. The van der Waals surface area contributed by atoms with Crippen molar-refractivity contribution in [2.24, 2.45) is 5.41 Å². The van der Waals surface area contributed by atoms with Crippen molar-refractivity contribution in [1.29, 1.82) is 0 Å². The van der Waals surface area contributed by atoms with Crippen LogP contribution in [0.3, 0.4) is 0 Å². The second-order valence-corrected chi connectivity index (χ2v) is 7.37. The van der Waals surface area contributed by atoms with Crippen LogP contribution in [0.25, 0.3) is 0 Å². The Morgan fingerprint density at radius 3 is 2.62 bits per heavy atom. The number of piperidine rings is 1. The maximum absolute atomic E-state index is 12.8. The molecule has 2 fully saturated rings. The average molecular weight is 358 g/mol. The van der Waals surface area contributed by atoms with Gasteiger partial charge in [0.05, 0.1) is 0 Å². The number of amides is 2. The first-order valence-electron chi connectivity index (χ1n) is 9.42. The van der Waals surface area contributed by atoms with Gasteiger partial charge in [-0.3, -0.25) is 9.59 Å². The van der Waals surface area contributed by atoms with E-state index in [0.29, 0.717) is 24.2 Å². The Bertz CT molecular complexity index is 706. The number of carbonyl (C=O) groups excluding carboxylic acids is 2. The van der Waals surface area contributed by atoms with Gasteiger partial charge in [0.15, 0.2) is 0 Å². The Balaban J connectivity index is 1.75. The van der Waals surface area contributed by atoms with Gasteiger partial charge >= 0.3 is 5.97 Å². The summed E-state index contributed by atoms with van der Waals surface area (Å²) in [4.78, 5) is 38.3. The van der Waals surface area contributed by atoms with Crippen LogP contribution in [0.4, 0.5) is 5.69 Å². The summed E-state index contributed by atoms with van der Waals surface area (Å²) in [7, 11) is 0. The fourth-order valence-electron chi connectivity index (χ4n) is 3.94. The lowest BCUT2D eigenvalue weighted by atomic mass is 9.66. The van der Waals surface area contributed by atoms with Crippen molar-refractivity contribution in [3.63, 3.8) is 0 Å². The van der Waals surface area contributed by atoms with E-state index in [0.717, 1.165) is 38.5 Å². The maximum atomic E-state index is 12.8. The minimum absolute atomic E-state index is 0.0113. The highest BCUT2D eigenvalue weighted by atomic mass is 16.4. The van der Waals surface area contributed by atoms with Crippen LogP contribution in [0.2, 0.25) is 0 Å². The van der Waals surface area contributed by atoms with Crippen molar-refractivity contribution in [3.8, 4) is 0 Å². The monoisotopic (exact) mass is 358 g/mol. The number of likely N-dealkylation sites (tertiary alicyclic amines) is 1. The number of nitrogens with one attached hydrogen (secondary N) is 1. The molecule has 1 unspecified atom stereocenters. The first-order chi connectivity index (χ1) is 12.5. The van der Waals surface area contributed by atoms with E-state index in [2.05, 4.69) is 5.32 Å². The molecule has 1 heterocycles. The van der Waals surface area contributed by atoms with E-state index in [1.807, 2.05) is 6.92 Å². The van der Waals surface area contributed by atoms with Crippen LogP contribution in [0.1, 0.15) is 62.2 Å². The predicted octanol–water partition coefficient (Wildman–Crippen LogP) is 3.28. The molecule has 2 aliphatic rings. The molecule has 3 rings (SSSR count). The number of benzene rings is 1. The van der Waals surface area contributed by atoms with Crippen molar-refractivity contribution in [2.45, 2.75) is 57.9 Å². The van der Waals surface area contributed by atoms with Gasteiger partial charge in [-0.15, -0.1) is 0 Å². The van der Waals surface area contributed by atoms with E-state index in [1.54, 1.807) is 24.3 Å². The zero-order chi connectivity index (χ0) is 18.7. The average Bonchev–Trinajstić information content (AvgIpc) is 2.61. The zero-order valence-electron chi connectivity index (χ0n) is 15.2. The molecule has 1 saturated carbocycles. The summed E-state index contributed by atoms with van der Waals surface area (Å²) >= 11 is 0. The summed E-state index contributed by atoms with van der Waals surface area (Å²) in [6.45, 7) is 2.48. The third kappa shape index (κ3) is 3.45. The number of hydrogen-bond donors (Lipinski definition) is 2. The molecular formula is C20H26N2O4. The van der Waals surface area contributed by atoms with Gasteiger partial charge in [0.2, 0.25) is 5.91 Å². The van der Waals surface area contributed by atoms with Crippen LogP contribution >= 0.6 is 0 Å². The van der Waals surface area contributed by atoms with E-state index in [4.69, 9.17) is 0 Å². The second-order valence-electron chi connectivity index (χ2n) is 7.37. The molecular weight excluding hydrogens is 332 g/mol. The molecule has 2 N–H and O–H groups in total. The summed E-state index contributed by atoms with van der Waals surface area (Å²) in [5.41, 5.74) is 0.723. The Morgan fingerprint density at radius 1 is 1.23 bits per heavy atom. The summed E-state index contributed by atoms with van der Waals surface area (Å²) in [5, 5.41) is 12.3. The van der Waals surface area contributed by atoms with Crippen molar-refractivity contribution >= 4 is 23.5 Å². The molecule has 0 bridgehead atoms. The fraction of sp³-hybridized carbons (Fsp3) is 0.550. The third-order valence-corrected chi connectivity index (χ3v) is 5.89.